The van der Waals surface area contributed by atoms with Crippen molar-refractivity contribution in [1.29, 1.82) is 0 Å². The monoisotopic (exact) mass is 348 g/mol. The molecule has 0 atom stereocenters. The molecule has 1 aromatic heterocycles. The Balaban J connectivity index is 1.61. The summed E-state index contributed by atoms with van der Waals surface area (Å²) in [5.41, 5.74) is 2.82. The van der Waals surface area contributed by atoms with Crippen LogP contribution < -0.4 is 5.32 Å². The molecule has 0 unspecified atom stereocenters. The number of aromatic nitrogens is 1. The molecule has 1 N–H and O–H groups in total. The number of nitrogens with one attached hydrogen (secondary N) is 1. The minimum atomic E-state index is -3.48. The topological polar surface area (TPSA) is 89.3 Å². The lowest BCUT2D eigenvalue weighted by atomic mass is 9.98. The quantitative estimate of drug-likeness (QED) is 0.897. The number of hydrogen-bond acceptors (Lipinski definition) is 5. The molecule has 0 saturated heterocycles. The van der Waals surface area contributed by atoms with Crippen LogP contribution in [0.25, 0.3) is 0 Å². The Morgan fingerprint density at radius 3 is 2.67 bits per heavy atom. The zero-order valence-electron chi connectivity index (χ0n) is 13.5. The molecule has 0 saturated carbocycles. The van der Waals surface area contributed by atoms with E-state index < -0.39 is 9.84 Å². The second-order valence-corrected chi connectivity index (χ2v) is 8.18. The van der Waals surface area contributed by atoms with Crippen LogP contribution in [-0.4, -0.2) is 25.2 Å². The zero-order chi connectivity index (χ0) is 17.2. The lowest BCUT2D eigenvalue weighted by molar-refractivity contribution is -0.115. The van der Waals surface area contributed by atoms with Gasteiger partial charge in [0.05, 0.1) is 16.3 Å². The summed E-state index contributed by atoms with van der Waals surface area (Å²) in [7, 11) is -3.48. The van der Waals surface area contributed by atoms with E-state index in [-0.39, 0.29) is 23.0 Å². The van der Waals surface area contributed by atoms with Gasteiger partial charge in [-0.25, -0.2) is 8.42 Å². The molecule has 3 rings (SSSR count). The first-order valence-corrected chi connectivity index (χ1v) is 9.67. The SMILES string of the molecule is Cc1ccc(S(=O)(=O)CCC(=O)Nc2onc3c2CCCC3)cc1. The Kier molecular flexibility index (Phi) is 4.71. The Hall–Kier alpha value is -2.15. The lowest BCUT2D eigenvalue weighted by Crippen LogP contribution is -2.18. The molecular formula is C17H20N2O4S. The third kappa shape index (κ3) is 3.67. The summed E-state index contributed by atoms with van der Waals surface area (Å²) in [5, 5.41) is 6.62. The van der Waals surface area contributed by atoms with Gasteiger partial charge in [0.1, 0.15) is 0 Å². The standard InChI is InChI=1S/C17H20N2O4S/c1-12-6-8-13(9-7-12)24(21,22)11-10-16(20)18-17-14-4-2-3-5-15(14)19-23-17/h6-9H,2-5,10-11H2,1H3,(H,18,20). The molecular weight excluding hydrogens is 328 g/mol. The second-order valence-electron chi connectivity index (χ2n) is 6.07. The molecule has 0 radical (unpaired) electrons. The normalized spacial score (nSPS) is 14.2. The molecule has 6 nitrogen and oxygen atoms in total. The Morgan fingerprint density at radius 1 is 1.21 bits per heavy atom. The Bertz CT molecular complexity index is 838. The molecule has 1 aliphatic rings. The van der Waals surface area contributed by atoms with E-state index in [2.05, 4.69) is 10.5 Å². The van der Waals surface area contributed by atoms with Crippen LogP contribution in [0.1, 0.15) is 36.1 Å². The summed E-state index contributed by atoms with van der Waals surface area (Å²) < 4.78 is 29.7. The molecule has 0 fully saturated rings. The van der Waals surface area contributed by atoms with Crippen molar-refractivity contribution >= 4 is 21.6 Å². The number of anilines is 1. The van der Waals surface area contributed by atoms with Crippen molar-refractivity contribution in [3.05, 3.63) is 41.1 Å². The van der Waals surface area contributed by atoms with Crippen molar-refractivity contribution < 1.29 is 17.7 Å². The van der Waals surface area contributed by atoms with Crippen molar-refractivity contribution in [1.82, 2.24) is 5.16 Å². The van der Waals surface area contributed by atoms with Crippen LogP contribution in [-0.2, 0) is 27.5 Å². The van der Waals surface area contributed by atoms with Crippen LogP contribution in [0.4, 0.5) is 5.88 Å². The van der Waals surface area contributed by atoms with Gasteiger partial charge in [0.25, 0.3) is 0 Å². The van der Waals surface area contributed by atoms with Crippen molar-refractivity contribution in [2.24, 2.45) is 0 Å². The summed E-state index contributed by atoms with van der Waals surface area (Å²) in [4.78, 5) is 12.3. The fourth-order valence-corrected chi connectivity index (χ4v) is 4.01. The summed E-state index contributed by atoms with van der Waals surface area (Å²) in [5.74, 6) is -0.254. The molecule has 0 bridgehead atoms. The van der Waals surface area contributed by atoms with Gasteiger partial charge in [-0.15, -0.1) is 0 Å². The number of carbonyl (C=O) groups is 1. The molecule has 128 valence electrons. The van der Waals surface area contributed by atoms with E-state index in [4.69, 9.17) is 4.52 Å². The molecule has 1 aromatic carbocycles. The minimum absolute atomic E-state index is 0.119. The van der Waals surface area contributed by atoms with Gasteiger partial charge in [0.2, 0.25) is 11.8 Å². The van der Waals surface area contributed by atoms with Crippen LogP contribution >= 0.6 is 0 Å². The molecule has 24 heavy (non-hydrogen) atoms. The van der Waals surface area contributed by atoms with Gasteiger partial charge >= 0.3 is 0 Å². The average molecular weight is 348 g/mol. The maximum Gasteiger partial charge on any atom is 0.234 e. The Labute approximate surface area is 141 Å². The predicted octanol–water partition coefficient (Wildman–Crippen LogP) is 2.66. The number of carbonyl (C=O) groups excluding carboxylic acids is 1. The highest BCUT2D eigenvalue weighted by Gasteiger charge is 2.22. The largest absolute Gasteiger partial charge is 0.338 e. The number of amides is 1. The maximum absolute atomic E-state index is 12.3. The molecule has 0 aliphatic heterocycles. The first-order chi connectivity index (χ1) is 11.5. The number of benzene rings is 1. The summed E-state index contributed by atoms with van der Waals surface area (Å²) >= 11 is 0. The number of rotatable bonds is 5. The van der Waals surface area contributed by atoms with E-state index in [0.717, 1.165) is 42.5 Å². The first kappa shape index (κ1) is 16.7. The van der Waals surface area contributed by atoms with E-state index in [9.17, 15) is 13.2 Å². The molecule has 2 aromatic rings. The van der Waals surface area contributed by atoms with E-state index in [0.29, 0.717) is 5.88 Å². The van der Waals surface area contributed by atoms with Crippen molar-refractivity contribution in [3.63, 3.8) is 0 Å². The van der Waals surface area contributed by atoms with Gasteiger partial charge in [-0.3, -0.25) is 10.1 Å². The number of hydrogen-bond donors (Lipinski definition) is 1. The molecule has 1 heterocycles. The highest BCUT2D eigenvalue weighted by Crippen LogP contribution is 2.27. The number of nitrogens with zero attached hydrogens (tertiary/aromatic N) is 1. The van der Waals surface area contributed by atoms with Gasteiger partial charge in [0, 0.05) is 12.0 Å². The predicted molar refractivity (Wildman–Crippen MR) is 89.6 cm³/mol. The second kappa shape index (κ2) is 6.76. The van der Waals surface area contributed by atoms with Crippen LogP contribution in [0.15, 0.2) is 33.7 Å². The fraction of sp³-hybridized carbons (Fsp3) is 0.412. The van der Waals surface area contributed by atoms with Crippen LogP contribution in [0.2, 0.25) is 0 Å². The average Bonchev–Trinajstić information content (AvgIpc) is 2.97. The minimum Gasteiger partial charge on any atom is -0.338 e. The van der Waals surface area contributed by atoms with Crippen molar-refractivity contribution in [2.45, 2.75) is 43.9 Å². The third-order valence-corrected chi connectivity index (χ3v) is 5.92. The number of aryl methyl sites for hydroxylation is 2. The maximum atomic E-state index is 12.3. The summed E-state index contributed by atoms with van der Waals surface area (Å²) in [6.45, 7) is 1.89. The van der Waals surface area contributed by atoms with Gasteiger partial charge in [0.15, 0.2) is 9.84 Å². The van der Waals surface area contributed by atoms with Gasteiger partial charge < -0.3 is 4.52 Å². The van der Waals surface area contributed by atoms with Crippen molar-refractivity contribution in [2.75, 3.05) is 11.1 Å². The lowest BCUT2D eigenvalue weighted by Gasteiger charge is -2.09. The Morgan fingerprint density at radius 2 is 1.92 bits per heavy atom. The smallest absolute Gasteiger partial charge is 0.234 e. The highest BCUT2D eigenvalue weighted by molar-refractivity contribution is 7.91. The summed E-state index contributed by atoms with van der Waals surface area (Å²) in [6, 6.07) is 6.62. The third-order valence-electron chi connectivity index (χ3n) is 4.19. The van der Waals surface area contributed by atoms with Gasteiger partial charge in [-0.2, -0.15) is 0 Å². The van der Waals surface area contributed by atoms with Gasteiger partial charge in [-0.05, 0) is 44.7 Å². The molecule has 0 spiro atoms. The highest BCUT2D eigenvalue weighted by atomic mass is 32.2. The van der Waals surface area contributed by atoms with Crippen molar-refractivity contribution in [3.8, 4) is 0 Å². The van der Waals surface area contributed by atoms with E-state index in [1.165, 1.54) is 0 Å². The van der Waals surface area contributed by atoms with Crippen LogP contribution in [0.3, 0.4) is 0 Å². The first-order valence-electron chi connectivity index (χ1n) is 8.02. The molecule has 7 heteroatoms. The summed E-state index contributed by atoms with van der Waals surface area (Å²) in [6.07, 6.45) is 3.68. The van der Waals surface area contributed by atoms with Crippen LogP contribution in [0, 0.1) is 6.92 Å². The van der Waals surface area contributed by atoms with E-state index in [1.54, 1.807) is 24.3 Å². The number of sulfone groups is 1. The molecule has 1 amide bonds. The van der Waals surface area contributed by atoms with Crippen LogP contribution in [0.5, 0.6) is 0 Å². The van der Waals surface area contributed by atoms with E-state index in [1.807, 2.05) is 6.92 Å². The van der Waals surface area contributed by atoms with E-state index >= 15 is 0 Å². The fourth-order valence-electron chi connectivity index (χ4n) is 2.77. The zero-order valence-corrected chi connectivity index (χ0v) is 14.4. The molecule has 1 aliphatic carbocycles. The number of fused-ring (bicyclic) bond motifs is 1. The van der Waals surface area contributed by atoms with Gasteiger partial charge in [-0.1, -0.05) is 22.9 Å².